The first kappa shape index (κ1) is 30.4. The lowest BCUT2D eigenvalue weighted by Crippen LogP contribution is -2.45. The van der Waals surface area contributed by atoms with Crippen LogP contribution in [0.1, 0.15) is 39.5 Å². The van der Waals surface area contributed by atoms with Crippen LogP contribution in [0.15, 0.2) is 121 Å². The number of fused-ring (bicyclic) bond motifs is 7. The number of ether oxygens (including phenoxy) is 4. The zero-order valence-electron chi connectivity index (χ0n) is 27.8. The van der Waals surface area contributed by atoms with Crippen molar-refractivity contribution in [3.8, 4) is 23.0 Å². The highest BCUT2D eigenvalue weighted by Gasteiger charge is 2.82. The largest absolute Gasteiger partial charge is 0.454 e. The van der Waals surface area contributed by atoms with Gasteiger partial charge in [-0.05, 0) is 88.9 Å². The summed E-state index contributed by atoms with van der Waals surface area (Å²) in [7, 11) is 0. The molecule has 9 heteroatoms. The fraction of sp³-hybridized carbons (Fsp3) is 0.163. The molecular formula is C43H29NO8. The van der Waals surface area contributed by atoms with E-state index >= 15 is 14.4 Å². The first-order chi connectivity index (χ1) is 25.4. The van der Waals surface area contributed by atoms with E-state index in [0.717, 1.165) is 0 Å². The van der Waals surface area contributed by atoms with E-state index in [1.165, 1.54) is 11.8 Å². The second-order valence-electron chi connectivity index (χ2n) is 13.6. The van der Waals surface area contributed by atoms with Gasteiger partial charge in [-0.1, -0.05) is 72.8 Å². The number of benzene rings is 5. The number of imide groups is 1. The van der Waals surface area contributed by atoms with Crippen LogP contribution in [-0.4, -0.2) is 37.0 Å². The molecule has 0 unspecified atom stereocenters. The van der Waals surface area contributed by atoms with Gasteiger partial charge in [0.05, 0.1) is 28.4 Å². The molecule has 0 radical (unpaired) electrons. The van der Waals surface area contributed by atoms with Crippen molar-refractivity contribution in [1.82, 2.24) is 0 Å². The molecule has 5 aliphatic rings. The number of anilines is 1. The molecule has 52 heavy (non-hydrogen) atoms. The summed E-state index contributed by atoms with van der Waals surface area (Å²) in [4.78, 5) is 60.1. The number of hydrogen-bond donors (Lipinski definition) is 0. The fourth-order valence-electron chi connectivity index (χ4n) is 9.33. The van der Waals surface area contributed by atoms with Gasteiger partial charge in [0, 0.05) is 5.56 Å². The Morgan fingerprint density at radius 2 is 1.02 bits per heavy atom. The van der Waals surface area contributed by atoms with Crippen molar-refractivity contribution < 1.29 is 38.1 Å². The number of amides is 2. The SMILES string of the molecule is CC(=O)c1ccc(N2C(=O)[C@H]3[C@H](C2=O)[C@@]2(c4ccccc4)C(=O)[C@@]3(c3ccccc3)C(c3ccc4c(c3)OCO4)=C2c2ccc3c(c2)OCO3)cc1. The highest BCUT2D eigenvalue weighted by molar-refractivity contribution is 6.39. The van der Waals surface area contributed by atoms with Gasteiger partial charge in [-0.25, -0.2) is 4.90 Å². The van der Waals surface area contributed by atoms with E-state index in [0.29, 0.717) is 67.6 Å². The first-order valence-corrected chi connectivity index (χ1v) is 17.1. The summed E-state index contributed by atoms with van der Waals surface area (Å²) in [5.74, 6) is -1.40. The minimum absolute atomic E-state index is 0.0542. The number of ketones is 2. The zero-order valence-corrected chi connectivity index (χ0v) is 27.8. The van der Waals surface area contributed by atoms with Crippen molar-refractivity contribution >= 4 is 40.2 Å². The minimum atomic E-state index is -1.61. The molecule has 3 heterocycles. The van der Waals surface area contributed by atoms with E-state index in [9.17, 15) is 4.79 Å². The van der Waals surface area contributed by atoms with Crippen molar-refractivity contribution in [3.05, 3.63) is 149 Å². The molecule has 2 amide bonds. The number of carbonyl (C=O) groups excluding carboxylic acids is 4. The Labute approximate surface area is 298 Å². The van der Waals surface area contributed by atoms with Gasteiger partial charge >= 0.3 is 0 Å². The Bertz CT molecular complexity index is 2280. The lowest BCUT2D eigenvalue weighted by molar-refractivity contribution is -0.130. The van der Waals surface area contributed by atoms with Gasteiger partial charge in [0.15, 0.2) is 34.6 Å². The molecule has 2 fully saturated rings. The highest BCUT2D eigenvalue weighted by Crippen LogP contribution is 2.74. The molecule has 5 aromatic carbocycles. The van der Waals surface area contributed by atoms with Gasteiger partial charge < -0.3 is 18.9 Å². The molecule has 2 aliphatic carbocycles. The Morgan fingerprint density at radius 3 is 1.46 bits per heavy atom. The average molecular weight is 688 g/mol. The number of nitrogens with zero attached hydrogens (tertiary/aromatic N) is 1. The quantitative estimate of drug-likeness (QED) is 0.146. The van der Waals surface area contributed by atoms with Gasteiger partial charge in [-0.2, -0.15) is 0 Å². The molecule has 0 aromatic heterocycles. The first-order valence-electron chi connectivity index (χ1n) is 17.1. The normalized spacial score (nSPS) is 24.9. The van der Waals surface area contributed by atoms with Gasteiger partial charge in [-0.15, -0.1) is 0 Å². The van der Waals surface area contributed by atoms with Crippen LogP contribution in [0, 0.1) is 11.8 Å². The van der Waals surface area contributed by atoms with E-state index in [-0.39, 0.29) is 25.2 Å². The molecule has 9 nitrogen and oxygen atoms in total. The summed E-state index contributed by atoms with van der Waals surface area (Å²) >= 11 is 0. The molecule has 1 saturated heterocycles. The predicted molar refractivity (Wildman–Crippen MR) is 189 cm³/mol. The molecule has 0 spiro atoms. The van der Waals surface area contributed by atoms with Crippen LogP contribution in [0.5, 0.6) is 23.0 Å². The lowest BCUT2D eigenvalue weighted by atomic mass is 9.59. The van der Waals surface area contributed by atoms with Crippen LogP contribution >= 0.6 is 0 Å². The maximum atomic E-state index is 16.2. The maximum absolute atomic E-state index is 16.2. The number of allylic oxidation sites excluding steroid dienone is 2. The molecule has 10 rings (SSSR count). The van der Waals surface area contributed by atoms with Crippen molar-refractivity contribution in [2.24, 2.45) is 11.8 Å². The Hall–Kier alpha value is -6.48. The topological polar surface area (TPSA) is 108 Å². The molecule has 1 saturated carbocycles. The Kier molecular flexibility index (Phi) is 6.28. The second-order valence-corrected chi connectivity index (χ2v) is 13.6. The molecular weight excluding hydrogens is 658 g/mol. The number of hydrogen-bond acceptors (Lipinski definition) is 8. The number of rotatable bonds is 6. The van der Waals surface area contributed by atoms with E-state index in [1.54, 1.807) is 24.3 Å². The molecule has 4 atom stereocenters. The van der Waals surface area contributed by atoms with Crippen molar-refractivity contribution in [3.63, 3.8) is 0 Å². The summed E-state index contributed by atoms with van der Waals surface area (Å²) in [5, 5.41) is 0. The van der Waals surface area contributed by atoms with Crippen molar-refractivity contribution in [1.29, 1.82) is 0 Å². The van der Waals surface area contributed by atoms with Crippen molar-refractivity contribution in [2.45, 2.75) is 17.8 Å². The molecule has 3 aliphatic heterocycles. The van der Waals surface area contributed by atoms with Gasteiger partial charge in [0.1, 0.15) is 0 Å². The Balaban J connectivity index is 1.34. The third-order valence-corrected chi connectivity index (χ3v) is 11.3. The minimum Gasteiger partial charge on any atom is -0.454 e. The van der Waals surface area contributed by atoms with Gasteiger partial charge in [-0.3, -0.25) is 19.2 Å². The summed E-state index contributed by atoms with van der Waals surface area (Å²) in [5.41, 5.74) is 1.33. The summed E-state index contributed by atoms with van der Waals surface area (Å²) < 4.78 is 23.1. The second kappa shape index (κ2) is 10.8. The van der Waals surface area contributed by atoms with Crippen LogP contribution in [-0.2, 0) is 25.2 Å². The van der Waals surface area contributed by atoms with Crippen LogP contribution < -0.4 is 23.8 Å². The molecule has 0 N–H and O–H groups in total. The molecule has 2 bridgehead atoms. The Morgan fingerprint density at radius 1 is 0.577 bits per heavy atom. The van der Waals surface area contributed by atoms with E-state index in [1.807, 2.05) is 97.1 Å². The van der Waals surface area contributed by atoms with Crippen LogP contribution in [0.2, 0.25) is 0 Å². The monoisotopic (exact) mass is 687 g/mol. The zero-order chi connectivity index (χ0) is 35.4. The highest BCUT2D eigenvalue weighted by atomic mass is 16.7. The predicted octanol–water partition coefficient (Wildman–Crippen LogP) is 6.54. The van der Waals surface area contributed by atoms with E-state index in [4.69, 9.17) is 18.9 Å². The third-order valence-electron chi connectivity index (χ3n) is 11.3. The summed E-state index contributed by atoms with van der Waals surface area (Å²) in [6.45, 7) is 1.57. The van der Waals surface area contributed by atoms with Gasteiger partial charge in [0.25, 0.3) is 0 Å². The van der Waals surface area contributed by atoms with Gasteiger partial charge in [0.2, 0.25) is 25.4 Å². The van der Waals surface area contributed by atoms with Crippen LogP contribution in [0.4, 0.5) is 5.69 Å². The third kappa shape index (κ3) is 3.72. The average Bonchev–Trinajstić information content (AvgIpc) is 3.98. The molecule has 5 aromatic rings. The van der Waals surface area contributed by atoms with Crippen LogP contribution in [0.25, 0.3) is 11.1 Å². The van der Waals surface area contributed by atoms with E-state index < -0.39 is 34.5 Å². The lowest BCUT2D eigenvalue weighted by Gasteiger charge is -2.39. The summed E-state index contributed by atoms with van der Waals surface area (Å²) in [6, 6.07) is 36.2. The number of carbonyl (C=O) groups is 4. The van der Waals surface area contributed by atoms with E-state index in [2.05, 4.69) is 0 Å². The maximum Gasteiger partial charge on any atom is 0.239 e. The van der Waals surface area contributed by atoms with Crippen LogP contribution in [0.3, 0.4) is 0 Å². The fourth-order valence-corrected chi connectivity index (χ4v) is 9.33. The van der Waals surface area contributed by atoms with Crippen molar-refractivity contribution in [2.75, 3.05) is 18.5 Å². The number of Topliss-reactive ketones (excluding diaryl/α,β-unsaturated/α-hetero) is 2. The molecule has 254 valence electrons. The standard InChI is InChI=1S/C43H29NO8/c1-24(45)25-12-16-30(17-13-25)44-39(46)37-38(40(44)47)43(29-10-6-3-7-11-29)36(27-15-19-32-34(21-27)52-23-50-32)35(26-14-18-31-33(20-26)51-22-49-31)42(37,41(43)48)28-8-4-2-5-9-28/h2-21,37-38H,22-23H2,1H3/t37-,38-,42+,43+/m1/s1. The summed E-state index contributed by atoms with van der Waals surface area (Å²) in [6.07, 6.45) is 0. The smallest absolute Gasteiger partial charge is 0.239 e.